The summed E-state index contributed by atoms with van der Waals surface area (Å²) in [5.41, 5.74) is 12.9. The minimum atomic E-state index is -1.09. The number of benzene rings is 1. The van der Waals surface area contributed by atoms with Gasteiger partial charge in [0.2, 0.25) is 5.91 Å². The number of aromatic nitrogens is 1. The molecule has 0 saturated heterocycles. The molecular weight excluding hydrogens is 296 g/mol. The van der Waals surface area contributed by atoms with Crippen LogP contribution in [0.2, 0.25) is 0 Å². The van der Waals surface area contributed by atoms with Crippen LogP contribution in [-0.4, -0.2) is 40.6 Å². The fourth-order valence-electron chi connectivity index (χ4n) is 2.47. The van der Waals surface area contributed by atoms with Crippen molar-refractivity contribution in [2.45, 2.75) is 31.3 Å². The Morgan fingerprint density at radius 1 is 1.30 bits per heavy atom. The summed E-state index contributed by atoms with van der Waals surface area (Å²) < 4.78 is 0. The van der Waals surface area contributed by atoms with Crippen molar-refractivity contribution >= 4 is 22.8 Å². The monoisotopic (exact) mass is 318 g/mol. The highest BCUT2D eigenvalue weighted by Crippen LogP contribution is 2.19. The van der Waals surface area contributed by atoms with E-state index in [1.165, 1.54) is 0 Å². The van der Waals surface area contributed by atoms with Crippen molar-refractivity contribution in [1.82, 2.24) is 10.3 Å². The molecule has 7 heteroatoms. The van der Waals surface area contributed by atoms with Crippen LogP contribution in [0.5, 0.6) is 0 Å². The van der Waals surface area contributed by atoms with Gasteiger partial charge in [0.15, 0.2) is 0 Å². The lowest BCUT2D eigenvalue weighted by molar-refractivity contribution is -0.142. The normalized spacial score (nSPS) is 13.7. The summed E-state index contributed by atoms with van der Waals surface area (Å²) >= 11 is 0. The predicted octanol–water partition coefficient (Wildman–Crippen LogP) is 0.346. The summed E-state index contributed by atoms with van der Waals surface area (Å²) in [5, 5.41) is 12.8. The number of carbonyl (C=O) groups is 2. The fourth-order valence-corrected chi connectivity index (χ4v) is 2.47. The molecule has 2 atom stereocenters. The summed E-state index contributed by atoms with van der Waals surface area (Å²) in [5.74, 6) is -1.56. The van der Waals surface area contributed by atoms with Crippen LogP contribution in [0.3, 0.4) is 0 Å². The Hall–Kier alpha value is -2.38. The molecule has 1 aromatic carbocycles. The van der Waals surface area contributed by atoms with Crippen LogP contribution in [0.25, 0.3) is 10.9 Å². The first-order valence-corrected chi connectivity index (χ1v) is 7.56. The Kier molecular flexibility index (Phi) is 5.72. The van der Waals surface area contributed by atoms with Gasteiger partial charge in [-0.25, -0.2) is 4.79 Å². The molecular formula is C16H22N4O3. The van der Waals surface area contributed by atoms with Gasteiger partial charge in [-0.15, -0.1) is 0 Å². The summed E-state index contributed by atoms with van der Waals surface area (Å²) in [7, 11) is 0. The van der Waals surface area contributed by atoms with Crippen molar-refractivity contribution in [3.05, 3.63) is 36.0 Å². The molecule has 7 N–H and O–H groups in total. The third-order valence-electron chi connectivity index (χ3n) is 3.77. The second kappa shape index (κ2) is 7.75. The van der Waals surface area contributed by atoms with Crippen molar-refractivity contribution in [3.63, 3.8) is 0 Å². The first-order chi connectivity index (χ1) is 11.0. The maximum atomic E-state index is 12.0. The molecule has 0 saturated carbocycles. The van der Waals surface area contributed by atoms with Gasteiger partial charge in [-0.2, -0.15) is 0 Å². The van der Waals surface area contributed by atoms with E-state index in [2.05, 4.69) is 10.3 Å². The lowest BCUT2D eigenvalue weighted by Crippen LogP contribution is -2.49. The molecule has 2 rings (SSSR count). The van der Waals surface area contributed by atoms with Crippen molar-refractivity contribution in [2.75, 3.05) is 6.54 Å². The number of nitrogens with two attached hydrogens (primary N) is 2. The first-order valence-electron chi connectivity index (χ1n) is 7.56. The molecule has 23 heavy (non-hydrogen) atoms. The third-order valence-corrected chi connectivity index (χ3v) is 3.77. The molecule has 0 fully saturated rings. The molecule has 0 spiro atoms. The average Bonchev–Trinajstić information content (AvgIpc) is 2.95. The van der Waals surface area contributed by atoms with Crippen LogP contribution < -0.4 is 16.8 Å². The van der Waals surface area contributed by atoms with E-state index in [0.29, 0.717) is 19.4 Å². The average molecular weight is 318 g/mol. The molecule has 1 amide bonds. The third kappa shape index (κ3) is 4.30. The van der Waals surface area contributed by atoms with Gasteiger partial charge >= 0.3 is 5.97 Å². The van der Waals surface area contributed by atoms with Crippen molar-refractivity contribution in [2.24, 2.45) is 11.5 Å². The zero-order valence-electron chi connectivity index (χ0n) is 12.8. The Morgan fingerprint density at radius 3 is 2.74 bits per heavy atom. The van der Waals surface area contributed by atoms with E-state index in [1.54, 1.807) is 6.20 Å². The number of aromatic amines is 1. The number of H-pyrrole nitrogens is 1. The maximum Gasteiger partial charge on any atom is 0.326 e. The standard InChI is InChI=1S/C16H22N4O3/c17-7-3-5-12(18)15(21)20-14(16(22)23)8-10-9-19-13-6-2-1-4-11(10)13/h1-2,4,6,9,12,14,19H,3,5,7-8,17-18H2,(H,20,21)(H,22,23)/t12-,14+/m1/s1. The number of para-hydroxylation sites is 1. The summed E-state index contributed by atoms with van der Waals surface area (Å²) in [6, 6.07) is 5.84. The number of hydrogen-bond acceptors (Lipinski definition) is 4. The summed E-state index contributed by atoms with van der Waals surface area (Å²) in [4.78, 5) is 26.5. The lowest BCUT2D eigenvalue weighted by Gasteiger charge is -2.17. The summed E-state index contributed by atoms with van der Waals surface area (Å²) in [6.45, 7) is 0.443. The molecule has 2 aromatic rings. The van der Waals surface area contributed by atoms with Crippen LogP contribution >= 0.6 is 0 Å². The lowest BCUT2D eigenvalue weighted by atomic mass is 10.0. The minimum Gasteiger partial charge on any atom is -0.480 e. The Balaban J connectivity index is 2.07. The highest BCUT2D eigenvalue weighted by atomic mass is 16.4. The van der Waals surface area contributed by atoms with E-state index in [1.807, 2.05) is 24.3 Å². The van der Waals surface area contributed by atoms with E-state index in [0.717, 1.165) is 16.5 Å². The minimum absolute atomic E-state index is 0.189. The van der Waals surface area contributed by atoms with E-state index >= 15 is 0 Å². The quantitative estimate of drug-likeness (QED) is 0.478. The van der Waals surface area contributed by atoms with Crippen LogP contribution in [0.1, 0.15) is 18.4 Å². The van der Waals surface area contributed by atoms with E-state index < -0.39 is 24.0 Å². The van der Waals surface area contributed by atoms with Gasteiger partial charge in [-0.05, 0) is 31.0 Å². The molecule has 0 unspecified atom stereocenters. The molecule has 7 nitrogen and oxygen atoms in total. The number of carboxylic acid groups (broad SMARTS) is 1. The zero-order valence-corrected chi connectivity index (χ0v) is 12.8. The number of amides is 1. The SMILES string of the molecule is NCCC[C@@H](N)C(=O)N[C@@H](Cc1c[nH]c2ccccc12)C(=O)O. The van der Waals surface area contributed by atoms with Crippen molar-refractivity contribution in [1.29, 1.82) is 0 Å². The van der Waals surface area contributed by atoms with Gasteiger partial charge in [-0.3, -0.25) is 4.79 Å². The number of aliphatic carboxylic acids is 1. The van der Waals surface area contributed by atoms with Crippen LogP contribution in [0.15, 0.2) is 30.5 Å². The van der Waals surface area contributed by atoms with Gasteiger partial charge in [0.25, 0.3) is 0 Å². The molecule has 0 aliphatic heterocycles. The molecule has 0 aliphatic carbocycles. The zero-order chi connectivity index (χ0) is 16.8. The van der Waals surface area contributed by atoms with Gasteiger partial charge < -0.3 is 26.9 Å². The molecule has 0 bridgehead atoms. The smallest absolute Gasteiger partial charge is 0.326 e. The number of rotatable bonds is 8. The second-order valence-electron chi connectivity index (χ2n) is 5.50. The van der Waals surface area contributed by atoms with E-state index in [9.17, 15) is 14.7 Å². The predicted molar refractivity (Wildman–Crippen MR) is 87.8 cm³/mol. The topological polar surface area (TPSA) is 134 Å². The largest absolute Gasteiger partial charge is 0.480 e. The molecule has 124 valence electrons. The molecule has 0 aliphatic rings. The number of nitrogens with one attached hydrogen (secondary N) is 2. The van der Waals surface area contributed by atoms with Crippen LogP contribution in [0.4, 0.5) is 0 Å². The summed E-state index contributed by atoms with van der Waals surface area (Å²) in [6.07, 6.45) is 3.01. The highest BCUT2D eigenvalue weighted by Gasteiger charge is 2.24. The number of carboxylic acids is 1. The van der Waals surface area contributed by atoms with Crippen LogP contribution in [-0.2, 0) is 16.0 Å². The Morgan fingerprint density at radius 2 is 2.04 bits per heavy atom. The van der Waals surface area contributed by atoms with Gasteiger partial charge in [0.1, 0.15) is 6.04 Å². The highest BCUT2D eigenvalue weighted by molar-refractivity contribution is 5.88. The van der Waals surface area contributed by atoms with E-state index in [-0.39, 0.29) is 6.42 Å². The molecule has 0 radical (unpaired) electrons. The van der Waals surface area contributed by atoms with Gasteiger partial charge in [-0.1, -0.05) is 18.2 Å². The Labute approximate surface area is 134 Å². The second-order valence-corrected chi connectivity index (χ2v) is 5.50. The van der Waals surface area contributed by atoms with Gasteiger partial charge in [0, 0.05) is 23.5 Å². The maximum absolute atomic E-state index is 12.0. The first kappa shape index (κ1) is 17.0. The van der Waals surface area contributed by atoms with Gasteiger partial charge in [0.05, 0.1) is 6.04 Å². The Bertz CT molecular complexity index is 683. The number of fused-ring (bicyclic) bond motifs is 1. The van der Waals surface area contributed by atoms with Crippen molar-refractivity contribution < 1.29 is 14.7 Å². The number of hydrogen-bond donors (Lipinski definition) is 5. The fraction of sp³-hybridized carbons (Fsp3) is 0.375. The molecule has 1 aromatic heterocycles. The van der Waals surface area contributed by atoms with Crippen LogP contribution in [0, 0.1) is 0 Å². The number of carbonyl (C=O) groups excluding carboxylic acids is 1. The van der Waals surface area contributed by atoms with Crippen molar-refractivity contribution in [3.8, 4) is 0 Å². The van der Waals surface area contributed by atoms with E-state index in [4.69, 9.17) is 11.5 Å². The molecule has 1 heterocycles.